The van der Waals surface area contributed by atoms with E-state index in [4.69, 9.17) is 4.42 Å². The van der Waals surface area contributed by atoms with E-state index in [-0.39, 0.29) is 5.92 Å². The lowest BCUT2D eigenvalue weighted by Gasteiger charge is -2.17. The number of anilines is 1. The molecule has 1 aromatic carbocycles. The van der Waals surface area contributed by atoms with E-state index in [9.17, 15) is 0 Å². The van der Waals surface area contributed by atoms with Gasteiger partial charge < -0.3 is 9.73 Å². The summed E-state index contributed by atoms with van der Waals surface area (Å²) in [5, 5.41) is 11.6. The van der Waals surface area contributed by atoms with Gasteiger partial charge in [-0.3, -0.25) is 0 Å². The lowest BCUT2D eigenvalue weighted by Crippen LogP contribution is -2.11. The van der Waals surface area contributed by atoms with Crippen LogP contribution in [0.1, 0.15) is 37.6 Å². The number of nitrogens with zero attached hydrogens (tertiary/aromatic N) is 2. The molecule has 3 rings (SSSR count). The van der Waals surface area contributed by atoms with E-state index in [1.54, 1.807) is 0 Å². The van der Waals surface area contributed by atoms with Gasteiger partial charge in [0.2, 0.25) is 11.8 Å². The molecule has 1 aliphatic heterocycles. The van der Waals surface area contributed by atoms with Crippen LogP contribution in [0, 0.1) is 0 Å². The maximum atomic E-state index is 5.68. The number of hydrogen-bond acceptors (Lipinski definition) is 4. The summed E-state index contributed by atoms with van der Waals surface area (Å²) in [6.07, 6.45) is 2.29. The Morgan fingerprint density at radius 2 is 2.17 bits per heavy atom. The van der Waals surface area contributed by atoms with E-state index in [0.717, 1.165) is 18.5 Å². The summed E-state index contributed by atoms with van der Waals surface area (Å²) in [5.74, 6) is 1.58. The Kier molecular flexibility index (Phi) is 2.78. The standard InChI is InChI=1S/C14H17N3O/c1-9(2)13-16-17-14(18-13)11-5-6-12-10(8-11)4-3-7-15-12/h5-6,8-9,15H,3-4,7H2,1-2H3. The lowest BCUT2D eigenvalue weighted by molar-refractivity contribution is 0.481. The second-order valence-electron chi connectivity index (χ2n) is 5.00. The zero-order chi connectivity index (χ0) is 12.5. The quantitative estimate of drug-likeness (QED) is 0.879. The van der Waals surface area contributed by atoms with Crippen LogP contribution in [-0.4, -0.2) is 16.7 Å². The summed E-state index contributed by atoms with van der Waals surface area (Å²) in [4.78, 5) is 0. The van der Waals surface area contributed by atoms with Crippen molar-refractivity contribution in [3.8, 4) is 11.5 Å². The second kappa shape index (κ2) is 4.44. The normalized spacial score (nSPS) is 14.4. The van der Waals surface area contributed by atoms with Crippen molar-refractivity contribution in [3.05, 3.63) is 29.7 Å². The largest absolute Gasteiger partial charge is 0.420 e. The van der Waals surface area contributed by atoms with Crippen LogP contribution < -0.4 is 5.32 Å². The molecule has 0 unspecified atom stereocenters. The van der Waals surface area contributed by atoms with Crippen LogP contribution in [0.3, 0.4) is 0 Å². The van der Waals surface area contributed by atoms with Crippen molar-refractivity contribution >= 4 is 5.69 Å². The highest BCUT2D eigenvalue weighted by Gasteiger charge is 2.14. The number of nitrogens with one attached hydrogen (secondary N) is 1. The number of hydrogen-bond donors (Lipinski definition) is 1. The van der Waals surface area contributed by atoms with Crippen molar-refractivity contribution < 1.29 is 4.42 Å². The summed E-state index contributed by atoms with van der Waals surface area (Å²) in [7, 11) is 0. The molecule has 2 heterocycles. The zero-order valence-corrected chi connectivity index (χ0v) is 10.7. The van der Waals surface area contributed by atoms with E-state index in [0.29, 0.717) is 11.8 Å². The fourth-order valence-corrected chi connectivity index (χ4v) is 2.19. The predicted octanol–water partition coefficient (Wildman–Crippen LogP) is 3.22. The molecule has 18 heavy (non-hydrogen) atoms. The monoisotopic (exact) mass is 243 g/mol. The third-order valence-corrected chi connectivity index (χ3v) is 3.23. The Balaban J connectivity index is 1.95. The number of aromatic nitrogens is 2. The van der Waals surface area contributed by atoms with Crippen molar-refractivity contribution in [2.45, 2.75) is 32.6 Å². The first kappa shape index (κ1) is 11.3. The smallest absolute Gasteiger partial charge is 0.247 e. The molecule has 0 aliphatic carbocycles. The van der Waals surface area contributed by atoms with Crippen LogP contribution in [-0.2, 0) is 6.42 Å². The summed E-state index contributed by atoms with van der Waals surface area (Å²) in [6, 6.07) is 6.29. The molecule has 4 heteroatoms. The summed E-state index contributed by atoms with van der Waals surface area (Å²) < 4.78 is 5.68. The average Bonchev–Trinajstić information content (AvgIpc) is 2.88. The highest BCUT2D eigenvalue weighted by Crippen LogP contribution is 2.28. The molecule has 4 nitrogen and oxygen atoms in total. The van der Waals surface area contributed by atoms with Crippen molar-refractivity contribution in [2.75, 3.05) is 11.9 Å². The van der Waals surface area contributed by atoms with Crippen molar-refractivity contribution in [2.24, 2.45) is 0 Å². The SMILES string of the molecule is CC(C)c1nnc(-c2ccc3c(c2)CCCN3)o1. The molecule has 0 atom stereocenters. The number of fused-ring (bicyclic) bond motifs is 1. The molecule has 1 aliphatic rings. The topological polar surface area (TPSA) is 51.0 Å². The Hall–Kier alpha value is -1.84. The zero-order valence-electron chi connectivity index (χ0n) is 10.7. The Morgan fingerprint density at radius 3 is 2.94 bits per heavy atom. The highest BCUT2D eigenvalue weighted by molar-refractivity contribution is 5.63. The summed E-state index contributed by atoms with van der Waals surface area (Å²) in [5.41, 5.74) is 3.58. The molecule has 0 bridgehead atoms. The average molecular weight is 243 g/mol. The van der Waals surface area contributed by atoms with Crippen LogP contribution in [0.15, 0.2) is 22.6 Å². The predicted molar refractivity (Wildman–Crippen MR) is 70.6 cm³/mol. The van der Waals surface area contributed by atoms with Gasteiger partial charge in [-0.15, -0.1) is 10.2 Å². The van der Waals surface area contributed by atoms with Gasteiger partial charge in [-0.2, -0.15) is 0 Å². The van der Waals surface area contributed by atoms with E-state index in [1.807, 2.05) is 19.9 Å². The molecule has 1 N–H and O–H groups in total. The molecule has 0 radical (unpaired) electrons. The van der Waals surface area contributed by atoms with Crippen molar-refractivity contribution in [3.63, 3.8) is 0 Å². The summed E-state index contributed by atoms with van der Waals surface area (Å²) >= 11 is 0. The molecular weight excluding hydrogens is 226 g/mol. The van der Waals surface area contributed by atoms with E-state index >= 15 is 0 Å². The molecule has 0 spiro atoms. The maximum Gasteiger partial charge on any atom is 0.247 e. The van der Waals surface area contributed by atoms with Gasteiger partial charge in [-0.25, -0.2) is 0 Å². The fourth-order valence-electron chi connectivity index (χ4n) is 2.19. The van der Waals surface area contributed by atoms with Gasteiger partial charge in [-0.05, 0) is 36.6 Å². The highest BCUT2D eigenvalue weighted by atomic mass is 16.4. The molecule has 1 aromatic heterocycles. The molecule has 0 saturated carbocycles. The minimum atomic E-state index is 0.269. The molecule has 2 aromatic rings. The minimum absolute atomic E-state index is 0.269. The van der Waals surface area contributed by atoms with E-state index in [2.05, 4.69) is 27.6 Å². The van der Waals surface area contributed by atoms with Gasteiger partial charge in [0, 0.05) is 23.7 Å². The molecule has 94 valence electrons. The molecule has 0 fully saturated rings. The number of rotatable bonds is 2. The molecule has 0 saturated heterocycles. The third-order valence-electron chi connectivity index (χ3n) is 3.23. The first-order valence-corrected chi connectivity index (χ1v) is 6.44. The van der Waals surface area contributed by atoms with E-state index in [1.165, 1.54) is 17.7 Å². The Morgan fingerprint density at radius 1 is 1.28 bits per heavy atom. The molecular formula is C14H17N3O. The minimum Gasteiger partial charge on any atom is -0.420 e. The van der Waals surface area contributed by atoms with Crippen LogP contribution in [0.5, 0.6) is 0 Å². The van der Waals surface area contributed by atoms with Gasteiger partial charge in [-0.1, -0.05) is 13.8 Å². The van der Waals surface area contributed by atoms with Crippen molar-refractivity contribution in [1.82, 2.24) is 10.2 Å². The molecule has 0 amide bonds. The van der Waals surface area contributed by atoms with Gasteiger partial charge in [0.05, 0.1) is 0 Å². The van der Waals surface area contributed by atoms with Crippen LogP contribution in [0.25, 0.3) is 11.5 Å². The first-order chi connectivity index (χ1) is 8.74. The van der Waals surface area contributed by atoms with Crippen LogP contribution >= 0.6 is 0 Å². The maximum absolute atomic E-state index is 5.68. The number of benzene rings is 1. The van der Waals surface area contributed by atoms with Gasteiger partial charge >= 0.3 is 0 Å². The third kappa shape index (κ3) is 1.98. The first-order valence-electron chi connectivity index (χ1n) is 6.44. The van der Waals surface area contributed by atoms with Crippen LogP contribution in [0.4, 0.5) is 5.69 Å². The Bertz CT molecular complexity index is 560. The Labute approximate surface area is 106 Å². The van der Waals surface area contributed by atoms with E-state index < -0.39 is 0 Å². The fraction of sp³-hybridized carbons (Fsp3) is 0.429. The summed E-state index contributed by atoms with van der Waals surface area (Å²) in [6.45, 7) is 5.16. The van der Waals surface area contributed by atoms with Crippen molar-refractivity contribution in [1.29, 1.82) is 0 Å². The second-order valence-corrected chi connectivity index (χ2v) is 5.00. The van der Waals surface area contributed by atoms with Gasteiger partial charge in [0.25, 0.3) is 0 Å². The lowest BCUT2D eigenvalue weighted by atomic mass is 10.0. The van der Waals surface area contributed by atoms with Gasteiger partial charge in [0.1, 0.15) is 0 Å². The number of aryl methyl sites for hydroxylation is 1. The van der Waals surface area contributed by atoms with Crippen LogP contribution in [0.2, 0.25) is 0 Å². The van der Waals surface area contributed by atoms with Gasteiger partial charge in [0.15, 0.2) is 0 Å².